The maximum Gasteiger partial charge on any atom is 0.416 e. The molecule has 36 heavy (non-hydrogen) atoms. The molecule has 0 saturated carbocycles. The van der Waals surface area contributed by atoms with E-state index in [1.165, 1.54) is 35.2 Å². The molecule has 5 nitrogen and oxygen atoms in total. The summed E-state index contributed by atoms with van der Waals surface area (Å²) in [6, 6.07) is 16.7. The largest absolute Gasteiger partial charge is 0.416 e. The Morgan fingerprint density at radius 1 is 1.08 bits per heavy atom. The zero-order valence-corrected chi connectivity index (χ0v) is 20.0. The molecule has 3 aromatic rings. The van der Waals surface area contributed by atoms with Crippen molar-refractivity contribution in [2.75, 3.05) is 5.32 Å². The van der Waals surface area contributed by atoms with E-state index >= 15 is 0 Å². The van der Waals surface area contributed by atoms with Gasteiger partial charge >= 0.3 is 6.18 Å². The van der Waals surface area contributed by atoms with Crippen LogP contribution in [0, 0.1) is 5.82 Å². The molecule has 11 heteroatoms. The molecule has 1 aliphatic rings. The van der Waals surface area contributed by atoms with Crippen LogP contribution in [0.1, 0.15) is 17.5 Å². The second-order valence-electron chi connectivity index (χ2n) is 7.83. The summed E-state index contributed by atoms with van der Waals surface area (Å²) < 4.78 is 53.6. The molecule has 3 aromatic carbocycles. The fourth-order valence-corrected chi connectivity index (χ4v) is 4.63. The van der Waals surface area contributed by atoms with Crippen molar-refractivity contribution in [1.29, 1.82) is 0 Å². The Morgan fingerprint density at radius 3 is 2.50 bits per heavy atom. The third-order valence-corrected chi connectivity index (χ3v) is 6.66. The summed E-state index contributed by atoms with van der Waals surface area (Å²) in [6.45, 7) is 0.0719. The molecule has 1 heterocycles. The van der Waals surface area contributed by atoms with Gasteiger partial charge in [0, 0.05) is 11.4 Å². The van der Waals surface area contributed by atoms with E-state index in [1.54, 1.807) is 30.3 Å². The van der Waals surface area contributed by atoms with Gasteiger partial charge in [0.1, 0.15) is 11.1 Å². The van der Waals surface area contributed by atoms with E-state index in [1.807, 2.05) is 0 Å². The van der Waals surface area contributed by atoms with Gasteiger partial charge in [-0.3, -0.25) is 14.5 Å². The molecular formula is C25H18ClF4N3O2S. The summed E-state index contributed by atoms with van der Waals surface area (Å²) in [7, 11) is 0. The number of hydrogen-bond donors (Lipinski definition) is 1. The van der Waals surface area contributed by atoms with Gasteiger partial charge in [-0.05, 0) is 48.0 Å². The first-order chi connectivity index (χ1) is 17.1. The first-order valence-corrected chi connectivity index (χ1v) is 11.9. The van der Waals surface area contributed by atoms with Crippen molar-refractivity contribution >= 4 is 51.7 Å². The predicted molar refractivity (Wildman–Crippen MR) is 132 cm³/mol. The Morgan fingerprint density at radius 2 is 1.81 bits per heavy atom. The van der Waals surface area contributed by atoms with E-state index in [0.29, 0.717) is 10.6 Å². The van der Waals surface area contributed by atoms with Gasteiger partial charge in [-0.1, -0.05) is 53.7 Å². The molecule has 186 valence electrons. The van der Waals surface area contributed by atoms with Crippen LogP contribution >= 0.6 is 23.4 Å². The van der Waals surface area contributed by atoms with Gasteiger partial charge in [0.2, 0.25) is 11.8 Å². The highest BCUT2D eigenvalue weighted by Crippen LogP contribution is 2.34. The summed E-state index contributed by atoms with van der Waals surface area (Å²) in [6.07, 6.45) is -4.78. The van der Waals surface area contributed by atoms with Crippen LogP contribution in [0.2, 0.25) is 5.02 Å². The van der Waals surface area contributed by atoms with Crippen LogP contribution in [0.3, 0.4) is 0 Å². The number of amides is 2. The molecule has 4 rings (SSSR count). The standard InChI is InChI=1S/C25H18ClF4N3O2S/c26-17-10-8-15(9-11-17)14-33-22(34)13-21(23(35)32-20-7-2-1-6-19(20)27)36-24(33)31-18-5-3-4-16(12-18)25(28,29)30/h1-12,21H,13-14H2,(H,32,35). The normalized spacial score (nSPS) is 17.4. The minimum atomic E-state index is -4.57. The van der Waals surface area contributed by atoms with Gasteiger partial charge in [0.15, 0.2) is 5.17 Å². The summed E-state index contributed by atoms with van der Waals surface area (Å²) >= 11 is 6.85. The Bertz CT molecular complexity index is 1320. The molecule has 0 radical (unpaired) electrons. The van der Waals surface area contributed by atoms with Crippen molar-refractivity contribution in [2.45, 2.75) is 24.4 Å². The molecule has 1 atom stereocenters. The number of para-hydroxylation sites is 1. The highest BCUT2D eigenvalue weighted by atomic mass is 35.5. The number of benzene rings is 3. The van der Waals surface area contributed by atoms with Crippen LogP contribution in [-0.2, 0) is 22.3 Å². The Hall–Kier alpha value is -3.37. The maximum absolute atomic E-state index is 14.0. The fraction of sp³-hybridized carbons (Fsp3) is 0.160. The van der Waals surface area contributed by atoms with Crippen molar-refractivity contribution in [1.82, 2.24) is 4.90 Å². The number of carbonyl (C=O) groups is 2. The summed E-state index contributed by atoms with van der Waals surface area (Å²) in [5.74, 6) is -1.72. The average molecular weight is 536 g/mol. The van der Waals surface area contributed by atoms with Gasteiger partial charge in [-0.25, -0.2) is 9.38 Å². The lowest BCUT2D eigenvalue weighted by atomic mass is 10.2. The molecule has 1 fully saturated rings. The van der Waals surface area contributed by atoms with Crippen LogP contribution in [0.15, 0.2) is 77.8 Å². The quantitative estimate of drug-likeness (QED) is 0.372. The highest BCUT2D eigenvalue weighted by Gasteiger charge is 2.36. The number of thioether (sulfide) groups is 1. The van der Waals surface area contributed by atoms with Crippen molar-refractivity contribution in [3.63, 3.8) is 0 Å². The Kier molecular flexibility index (Phi) is 7.65. The van der Waals surface area contributed by atoms with Gasteiger partial charge < -0.3 is 5.32 Å². The summed E-state index contributed by atoms with van der Waals surface area (Å²) in [5, 5.41) is 2.04. The molecule has 0 aliphatic carbocycles. The van der Waals surface area contributed by atoms with Crippen LogP contribution in [0.4, 0.5) is 28.9 Å². The van der Waals surface area contributed by atoms with E-state index in [-0.39, 0.29) is 29.5 Å². The predicted octanol–water partition coefficient (Wildman–Crippen LogP) is 6.66. The topological polar surface area (TPSA) is 61.8 Å². The molecular weight excluding hydrogens is 518 g/mol. The van der Waals surface area contributed by atoms with Crippen LogP contribution in [0.25, 0.3) is 0 Å². The summed E-state index contributed by atoms with van der Waals surface area (Å²) in [5.41, 5.74) is -0.263. The zero-order valence-electron chi connectivity index (χ0n) is 18.4. The van der Waals surface area contributed by atoms with E-state index in [9.17, 15) is 27.2 Å². The monoisotopic (exact) mass is 535 g/mol. The van der Waals surface area contributed by atoms with E-state index < -0.39 is 34.6 Å². The number of hydrogen-bond acceptors (Lipinski definition) is 4. The number of nitrogens with zero attached hydrogens (tertiary/aromatic N) is 2. The maximum atomic E-state index is 14.0. The third-order valence-electron chi connectivity index (χ3n) is 5.22. The van der Waals surface area contributed by atoms with Crippen molar-refractivity contribution in [3.8, 4) is 0 Å². The minimum absolute atomic E-state index is 0.0311. The van der Waals surface area contributed by atoms with Crippen molar-refractivity contribution < 1.29 is 27.2 Å². The first kappa shape index (κ1) is 25.7. The van der Waals surface area contributed by atoms with E-state index in [4.69, 9.17) is 11.6 Å². The lowest BCUT2D eigenvalue weighted by Crippen LogP contribution is -2.44. The molecule has 2 amide bonds. The van der Waals surface area contributed by atoms with Crippen molar-refractivity contribution in [3.05, 3.63) is 94.8 Å². The number of rotatable bonds is 5. The van der Waals surface area contributed by atoms with Crippen LogP contribution in [-0.4, -0.2) is 27.1 Å². The third kappa shape index (κ3) is 6.24. The second kappa shape index (κ2) is 10.7. The molecule has 1 N–H and O–H groups in total. The highest BCUT2D eigenvalue weighted by molar-refractivity contribution is 8.15. The lowest BCUT2D eigenvalue weighted by Gasteiger charge is -2.32. The van der Waals surface area contributed by atoms with Gasteiger partial charge in [0.05, 0.1) is 23.5 Å². The Labute approximate surface area is 213 Å². The molecule has 1 saturated heterocycles. The number of halogens is 5. The first-order valence-electron chi connectivity index (χ1n) is 10.6. The van der Waals surface area contributed by atoms with E-state index in [0.717, 1.165) is 23.9 Å². The Balaban J connectivity index is 1.65. The van der Waals surface area contributed by atoms with Crippen LogP contribution < -0.4 is 5.32 Å². The molecule has 1 aliphatic heterocycles. The van der Waals surface area contributed by atoms with E-state index in [2.05, 4.69) is 10.3 Å². The number of nitrogens with one attached hydrogen (secondary N) is 1. The van der Waals surface area contributed by atoms with Crippen molar-refractivity contribution in [2.24, 2.45) is 4.99 Å². The number of amidine groups is 1. The van der Waals surface area contributed by atoms with Gasteiger partial charge in [-0.15, -0.1) is 0 Å². The number of alkyl halides is 3. The number of carbonyl (C=O) groups excluding carboxylic acids is 2. The molecule has 0 spiro atoms. The smallest absolute Gasteiger partial charge is 0.323 e. The molecule has 0 aromatic heterocycles. The van der Waals surface area contributed by atoms with Gasteiger partial charge in [0.25, 0.3) is 0 Å². The SMILES string of the molecule is O=C(Nc1ccccc1F)C1CC(=O)N(Cc2ccc(Cl)cc2)C(=Nc2cccc(C(F)(F)F)c2)S1. The van der Waals surface area contributed by atoms with Crippen LogP contribution in [0.5, 0.6) is 0 Å². The lowest BCUT2D eigenvalue weighted by molar-refractivity contribution is -0.137. The molecule has 1 unspecified atom stereocenters. The average Bonchev–Trinajstić information content (AvgIpc) is 2.83. The number of aliphatic imine (C=N–C) groups is 1. The minimum Gasteiger partial charge on any atom is -0.323 e. The summed E-state index contributed by atoms with van der Waals surface area (Å²) in [4.78, 5) is 31.6. The second-order valence-corrected chi connectivity index (χ2v) is 9.43. The fourth-order valence-electron chi connectivity index (χ4n) is 3.41. The molecule has 0 bridgehead atoms. The zero-order chi connectivity index (χ0) is 25.9. The van der Waals surface area contributed by atoms with Gasteiger partial charge in [-0.2, -0.15) is 13.2 Å². The number of anilines is 1.